The predicted molar refractivity (Wildman–Crippen MR) is 76.7 cm³/mol. The number of piperidine rings is 1. The number of thiazole rings is 1. The van der Waals surface area contributed by atoms with E-state index in [9.17, 15) is 4.79 Å². The molecule has 1 aromatic rings. The Kier molecular flexibility index (Phi) is 4.38. The number of nitrogens with zero attached hydrogens (tertiary/aromatic N) is 2. The van der Waals surface area contributed by atoms with Crippen LogP contribution in [0.3, 0.4) is 0 Å². The molecule has 100 valence electrons. The van der Waals surface area contributed by atoms with Crippen molar-refractivity contribution in [2.75, 3.05) is 11.4 Å². The molecule has 0 bridgehead atoms. The Labute approximate surface area is 113 Å². The molecule has 0 saturated carbocycles. The van der Waals surface area contributed by atoms with Gasteiger partial charge in [-0.2, -0.15) is 0 Å². The van der Waals surface area contributed by atoms with Crippen LogP contribution in [0, 0.1) is 5.92 Å². The fraction of sp³-hybridized carbons (Fsp3) is 0.714. The molecule has 0 amide bonds. The second-order valence-electron chi connectivity index (χ2n) is 5.36. The minimum absolute atomic E-state index is 0.543. The molecule has 0 N–H and O–H groups in total. The van der Waals surface area contributed by atoms with E-state index < -0.39 is 0 Å². The van der Waals surface area contributed by atoms with Crippen LogP contribution >= 0.6 is 11.3 Å². The van der Waals surface area contributed by atoms with Gasteiger partial charge in [-0.05, 0) is 32.1 Å². The third kappa shape index (κ3) is 2.74. The molecule has 4 heteroatoms. The Bertz CT molecular complexity index is 416. The fourth-order valence-electron chi connectivity index (χ4n) is 2.54. The van der Waals surface area contributed by atoms with Crippen LogP contribution in [0.15, 0.2) is 0 Å². The summed E-state index contributed by atoms with van der Waals surface area (Å²) >= 11 is 1.56. The lowest BCUT2D eigenvalue weighted by atomic mass is 9.96. The van der Waals surface area contributed by atoms with E-state index in [-0.39, 0.29) is 0 Å². The largest absolute Gasteiger partial charge is 0.345 e. The molecule has 2 unspecified atom stereocenters. The molecule has 1 fully saturated rings. The lowest BCUT2D eigenvalue weighted by Crippen LogP contribution is -2.41. The molecule has 1 aliphatic heterocycles. The van der Waals surface area contributed by atoms with Gasteiger partial charge in [0.25, 0.3) is 0 Å². The number of aldehydes is 1. The van der Waals surface area contributed by atoms with Gasteiger partial charge in [0.15, 0.2) is 11.4 Å². The second-order valence-corrected chi connectivity index (χ2v) is 6.37. The van der Waals surface area contributed by atoms with Crippen molar-refractivity contribution in [2.45, 2.75) is 52.5 Å². The highest BCUT2D eigenvalue weighted by atomic mass is 32.1. The standard InChI is InChI=1S/C14H22N2OS/c1-4-5-12-13(9-17)18-14(15-12)16-8-10(2)6-7-11(16)3/h9-11H,4-8H2,1-3H3. The zero-order valence-corrected chi connectivity index (χ0v) is 12.3. The quantitative estimate of drug-likeness (QED) is 0.782. The molecule has 0 spiro atoms. The lowest BCUT2D eigenvalue weighted by molar-refractivity contribution is 0.112. The van der Waals surface area contributed by atoms with Crippen molar-refractivity contribution >= 4 is 22.8 Å². The molecule has 2 atom stereocenters. The average Bonchev–Trinajstić information content (AvgIpc) is 2.76. The van der Waals surface area contributed by atoms with Crippen LogP contribution < -0.4 is 4.90 Å². The van der Waals surface area contributed by atoms with Crippen molar-refractivity contribution in [3.05, 3.63) is 10.6 Å². The van der Waals surface area contributed by atoms with E-state index in [0.717, 1.165) is 47.3 Å². The van der Waals surface area contributed by atoms with E-state index in [1.165, 1.54) is 12.8 Å². The zero-order valence-electron chi connectivity index (χ0n) is 11.5. The highest BCUT2D eigenvalue weighted by molar-refractivity contribution is 7.17. The van der Waals surface area contributed by atoms with Crippen LogP contribution in [0.5, 0.6) is 0 Å². The first-order valence-electron chi connectivity index (χ1n) is 6.87. The van der Waals surface area contributed by atoms with Crippen molar-refractivity contribution in [3.63, 3.8) is 0 Å². The molecule has 2 heterocycles. The average molecular weight is 266 g/mol. The predicted octanol–water partition coefficient (Wildman–Crippen LogP) is 3.53. The minimum atomic E-state index is 0.543. The number of anilines is 1. The Hall–Kier alpha value is -0.900. The highest BCUT2D eigenvalue weighted by Crippen LogP contribution is 2.32. The van der Waals surface area contributed by atoms with Crippen molar-refractivity contribution in [2.24, 2.45) is 5.92 Å². The van der Waals surface area contributed by atoms with Gasteiger partial charge in [-0.1, -0.05) is 31.6 Å². The smallest absolute Gasteiger partial charge is 0.186 e. The van der Waals surface area contributed by atoms with E-state index >= 15 is 0 Å². The molecule has 18 heavy (non-hydrogen) atoms. The SMILES string of the molecule is CCCc1nc(N2CC(C)CCC2C)sc1C=O. The van der Waals surface area contributed by atoms with Gasteiger partial charge in [-0.15, -0.1) is 0 Å². The zero-order chi connectivity index (χ0) is 13.1. The number of aromatic nitrogens is 1. The number of carbonyl (C=O) groups excluding carboxylic acids is 1. The molecular formula is C14H22N2OS. The molecule has 0 aromatic carbocycles. The first kappa shape index (κ1) is 13.5. The molecule has 3 nitrogen and oxygen atoms in total. The summed E-state index contributed by atoms with van der Waals surface area (Å²) in [6, 6.07) is 0.543. The van der Waals surface area contributed by atoms with Gasteiger partial charge in [0, 0.05) is 12.6 Å². The van der Waals surface area contributed by atoms with Gasteiger partial charge >= 0.3 is 0 Å². The molecule has 1 saturated heterocycles. The van der Waals surface area contributed by atoms with Gasteiger partial charge in [-0.3, -0.25) is 4.79 Å². The Morgan fingerprint density at radius 2 is 2.22 bits per heavy atom. The van der Waals surface area contributed by atoms with Gasteiger partial charge in [0.1, 0.15) is 0 Å². The molecule has 1 aromatic heterocycles. The highest BCUT2D eigenvalue weighted by Gasteiger charge is 2.26. The maximum Gasteiger partial charge on any atom is 0.186 e. The number of carbonyl (C=O) groups is 1. The van der Waals surface area contributed by atoms with Crippen molar-refractivity contribution < 1.29 is 4.79 Å². The summed E-state index contributed by atoms with van der Waals surface area (Å²) in [4.78, 5) is 19.0. The van der Waals surface area contributed by atoms with Crippen LogP contribution in [0.4, 0.5) is 5.13 Å². The summed E-state index contributed by atoms with van der Waals surface area (Å²) in [7, 11) is 0. The monoisotopic (exact) mass is 266 g/mol. The van der Waals surface area contributed by atoms with E-state index in [2.05, 4.69) is 25.7 Å². The topological polar surface area (TPSA) is 33.2 Å². The van der Waals surface area contributed by atoms with E-state index in [0.29, 0.717) is 6.04 Å². The maximum atomic E-state index is 11.1. The molecule has 0 aliphatic carbocycles. The van der Waals surface area contributed by atoms with Crippen LogP contribution in [0.1, 0.15) is 55.4 Å². The summed E-state index contributed by atoms with van der Waals surface area (Å²) < 4.78 is 0. The van der Waals surface area contributed by atoms with E-state index in [1.54, 1.807) is 11.3 Å². The van der Waals surface area contributed by atoms with Crippen LogP contribution in [-0.4, -0.2) is 23.9 Å². The first-order chi connectivity index (χ1) is 8.65. The minimum Gasteiger partial charge on any atom is -0.345 e. The van der Waals surface area contributed by atoms with E-state index in [4.69, 9.17) is 4.98 Å². The Balaban J connectivity index is 2.23. The summed E-state index contributed by atoms with van der Waals surface area (Å²) in [5, 5.41) is 1.04. The number of aryl methyl sites for hydroxylation is 1. The van der Waals surface area contributed by atoms with E-state index in [1.807, 2.05) is 0 Å². The van der Waals surface area contributed by atoms with Crippen LogP contribution in [0.2, 0.25) is 0 Å². The number of hydrogen-bond acceptors (Lipinski definition) is 4. The molecule has 0 radical (unpaired) electrons. The maximum absolute atomic E-state index is 11.1. The summed E-state index contributed by atoms with van der Waals surface area (Å²) in [5.74, 6) is 0.722. The van der Waals surface area contributed by atoms with Gasteiger partial charge in [0.2, 0.25) is 0 Å². The van der Waals surface area contributed by atoms with Crippen molar-refractivity contribution in [3.8, 4) is 0 Å². The molecular weight excluding hydrogens is 244 g/mol. The summed E-state index contributed by atoms with van der Waals surface area (Å²) in [5.41, 5.74) is 0.984. The van der Waals surface area contributed by atoms with Gasteiger partial charge in [-0.25, -0.2) is 4.98 Å². The van der Waals surface area contributed by atoms with Crippen molar-refractivity contribution in [1.82, 2.24) is 4.98 Å². The number of rotatable bonds is 4. The third-order valence-corrected chi connectivity index (χ3v) is 4.73. The lowest BCUT2D eigenvalue weighted by Gasteiger charge is -2.36. The van der Waals surface area contributed by atoms with Gasteiger partial charge in [0.05, 0.1) is 10.6 Å². The summed E-state index contributed by atoms with van der Waals surface area (Å²) in [6.07, 6.45) is 5.42. The third-order valence-electron chi connectivity index (χ3n) is 3.67. The van der Waals surface area contributed by atoms with Crippen LogP contribution in [-0.2, 0) is 6.42 Å². The van der Waals surface area contributed by atoms with Gasteiger partial charge < -0.3 is 4.90 Å². The number of hydrogen-bond donors (Lipinski definition) is 0. The second kappa shape index (κ2) is 5.83. The first-order valence-corrected chi connectivity index (χ1v) is 7.68. The normalized spacial score (nSPS) is 24.3. The van der Waals surface area contributed by atoms with Crippen molar-refractivity contribution in [1.29, 1.82) is 0 Å². The molecule has 2 rings (SSSR count). The van der Waals surface area contributed by atoms with Crippen LogP contribution in [0.25, 0.3) is 0 Å². The molecule has 1 aliphatic rings. The Morgan fingerprint density at radius 1 is 1.44 bits per heavy atom. The summed E-state index contributed by atoms with van der Waals surface area (Å²) in [6.45, 7) is 7.74. The Morgan fingerprint density at radius 3 is 2.89 bits per heavy atom. The fourth-order valence-corrected chi connectivity index (χ4v) is 3.57.